The third-order valence-corrected chi connectivity index (χ3v) is 5.95. The number of nitrogens with two attached hydrogens (primary N) is 1. The molecule has 1 aromatic heterocycles. The molecule has 2 unspecified atom stereocenters. The van der Waals surface area contributed by atoms with Gasteiger partial charge in [-0.05, 0) is 50.5 Å². The van der Waals surface area contributed by atoms with Crippen LogP contribution in [0.2, 0.25) is 0 Å². The van der Waals surface area contributed by atoms with Crippen molar-refractivity contribution in [3.63, 3.8) is 0 Å². The van der Waals surface area contributed by atoms with E-state index in [0.29, 0.717) is 42.3 Å². The summed E-state index contributed by atoms with van der Waals surface area (Å²) in [7, 11) is 0. The minimum absolute atomic E-state index is 0.373. The molecular formula is C20H23BrN4O3. The minimum Gasteiger partial charge on any atom is -0.492 e. The Bertz CT molecular complexity index is 937. The molecule has 1 aromatic carbocycles. The quantitative estimate of drug-likeness (QED) is 0.629. The van der Waals surface area contributed by atoms with Gasteiger partial charge in [0.25, 0.3) is 5.89 Å². The van der Waals surface area contributed by atoms with Gasteiger partial charge in [-0.3, -0.25) is 0 Å². The van der Waals surface area contributed by atoms with Crippen LogP contribution >= 0.6 is 15.9 Å². The largest absolute Gasteiger partial charge is 0.492 e. The van der Waals surface area contributed by atoms with Crippen molar-refractivity contribution in [3.05, 3.63) is 45.6 Å². The highest BCUT2D eigenvalue weighted by atomic mass is 79.9. The standard InChI is InChI=1S/C20H23BrN4O3/c1-11-15(10-26)20(2,14-9-13(21)5-6-16(14)27-8-7-22)23-17(11)19-25-24-18(28-19)12-3-4-12/h5-6,9-10,12,15,23H,3-4,7-8,22H2,1-2H3. The van der Waals surface area contributed by atoms with E-state index in [-0.39, 0.29) is 0 Å². The number of aldehydes is 1. The first-order chi connectivity index (χ1) is 13.5. The maximum absolute atomic E-state index is 12.1. The van der Waals surface area contributed by atoms with Crippen LogP contribution in [0.3, 0.4) is 0 Å². The van der Waals surface area contributed by atoms with Gasteiger partial charge in [-0.15, -0.1) is 10.2 Å². The first-order valence-electron chi connectivity index (χ1n) is 9.39. The number of carbonyl (C=O) groups excluding carboxylic acids is 1. The molecule has 3 N–H and O–H groups in total. The van der Waals surface area contributed by atoms with Crippen LogP contribution in [0, 0.1) is 5.92 Å². The molecule has 7 nitrogen and oxygen atoms in total. The van der Waals surface area contributed by atoms with Gasteiger partial charge in [0.15, 0.2) is 0 Å². The zero-order chi connectivity index (χ0) is 19.9. The summed E-state index contributed by atoms with van der Waals surface area (Å²) in [6.07, 6.45) is 3.13. The summed E-state index contributed by atoms with van der Waals surface area (Å²) < 4.78 is 12.6. The van der Waals surface area contributed by atoms with Gasteiger partial charge in [0.05, 0.1) is 17.2 Å². The van der Waals surface area contributed by atoms with Crippen molar-refractivity contribution in [2.45, 2.75) is 38.1 Å². The topological polar surface area (TPSA) is 103 Å². The number of ether oxygens (including phenoxy) is 1. The van der Waals surface area contributed by atoms with Crippen molar-refractivity contribution in [1.82, 2.24) is 15.5 Å². The molecule has 148 valence electrons. The van der Waals surface area contributed by atoms with E-state index < -0.39 is 11.5 Å². The minimum atomic E-state index is -0.719. The number of halogens is 1. The average Bonchev–Trinajstić information content (AvgIpc) is 3.35. The van der Waals surface area contributed by atoms with Crippen molar-refractivity contribution in [3.8, 4) is 5.75 Å². The Morgan fingerprint density at radius 1 is 1.43 bits per heavy atom. The molecule has 2 atom stereocenters. The Labute approximate surface area is 171 Å². The van der Waals surface area contributed by atoms with Crippen LogP contribution < -0.4 is 15.8 Å². The van der Waals surface area contributed by atoms with Gasteiger partial charge in [0.2, 0.25) is 5.89 Å². The molecule has 2 heterocycles. The van der Waals surface area contributed by atoms with Crippen molar-refractivity contribution in [2.24, 2.45) is 11.7 Å². The molecule has 1 saturated carbocycles. The molecule has 0 bridgehead atoms. The molecule has 0 spiro atoms. The van der Waals surface area contributed by atoms with Crippen LogP contribution in [0.1, 0.15) is 50.0 Å². The summed E-state index contributed by atoms with van der Waals surface area (Å²) in [5.41, 5.74) is 7.33. The summed E-state index contributed by atoms with van der Waals surface area (Å²) in [6.45, 7) is 4.71. The molecule has 1 aliphatic heterocycles. The van der Waals surface area contributed by atoms with Crippen LogP contribution in [-0.2, 0) is 10.3 Å². The molecule has 2 aliphatic rings. The Kier molecular flexibility index (Phi) is 5.01. The molecule has 1 fully saturated rings. The lowest BCUT2D eigenvalue weighted by Crippen LogP contribution is -2.41. The summed E-state index contributed by atoms with van der Waals surface area (Å²) in [6, 6.07) is 5.76. The molecule has 0 saturated heterocycles. The SMILES string of the molecule is CC1=C(c2nnc(C3CC3)o2)NC(C)(c2cc(Br)ccc2OCCN)C1C=O. The fourth-order valence-electron chi connectivity index (χ4n) is 3.75. The van der Waals surface area contributed by atoms with Gasteiger partial charge < -0.3 is 25.0 Å². The van der Waals surface area contributed by atoms with E-state index in [9.17, 15) is 4.79 Å². The highest BCUT2D eigenvalue weighted by molar-refractivity contribution is 9.10. The fraction of sp³-hybridized carbons (Fsp3) is 0.450. The highest BCUT2D eigenvalue weighted by Crippen LogP contribution is 2.47. The van der Waals surface area contributed by atoms with Crippen molar-refractivity contribution >= 4 is 27.9 Å². The lowest BCUT2D eigenvalue weighted by Gasteiger charge is -2.33. The Morgan fingerprint density at radius 2 is 2.21 bits per heavy atom. The first kappa shape index (κ1) is 19.1. The number of rotatable bonds is 7. The zero-order valence-corrected chi connectivity index (χ0v) is 17.5. The molecular weight excluding hydrogens is 424 g/mol. The van der Waals surface area contributed by atoms with Gasteiger partial charge >= 0.3 is 0 Å². The number of aromatic nitrogens is 2. The fourth-order valence-corrected chi connectivity index (χ4v) is 4.11. The van der Waals surface area contributed by atoms with E-state index in [1.807, 2.05) is 32.0 Å². The number of hydrogen-bond donors (Lipinski definition) is 2. The Hall–Kier alpha value is -2.19. The van der Waals surface area contributed by atoms with Gasteiger partial charge in [0.1, 0.15) is 18.6 Å². The Balaban J connectivity index is 1.73. The van der Waals surface area contributed by atoms with Crippen LogP contribution in [0.15, 0.2) is 32.7 Å². The zero-order valence-electron chi connectivity index (χ0n) is 15.9. The lowest BCUT2D eigenvalue weighted by molar-refractivity contribution is -0.111. The summed E-state index contributed by atoms with van der Waals surface area (Å²) in [5, 5.41) is 11.9. The van der Waals surface area contributed by atoms with Crippen LogP contribution in [0.25, 0.3) is 5.70 Å². The predicted molar refractivity (Wildman–Crippen MR) is 108 cm³/mol. The number of carbonyl (C=O) groups is 1. The van der Waals surface area contributed by atoms with E-state index in [0.717, 1.165) is 34.7 Å². The van der Waals surface area contributed by atoms with E-state index in [1.54, 1.807) is 0 Å². The lowest BCUT2D eigenvalue weighted by atomic mass is 9.79. The monoisotopic (exact) mass is 446 g/mol. The van der Waals surface area contributed by atoms with Crippen molar-refractivity contribution in [2.75, 3.05) is 13.2 Å². The second-order valence-corrected chi connectivity index (χ2v) is 8.41. The van der Waals surface area contributed by atoms with Gasteiger partial charge in [-0.2, -0.15) is 0 Å². The molecule has 28 heavy (non-hydrogen) atoms. The van der Waals surface area contributed by atoms with Gasteiger partial charge in [0, 0.05) is 22.5 Å². The van der Waals surface area contributed by atoms with Gasteiger partial charge in [-0.1, -0.05) is 15.9 Å². The molecule has 4 rings (SSSR count). The smallest absolute Gasteiger partial charge is 0.263 e. The van der Waals surface area contributed by atoms with E-state index in [1.165, 1.54) is 0 Å². The summed E-state index contributed by atoms with van der Waals surface area (Å²) >= 11 is 3.53. The van der Waals surface area contributed by atoms with Gasteiger partial charge in [-0.25, -0.2) is 0 Å². The molecule has 2 aromatic rings. The van der Waals surface area contributed by atoms with Crippen LogP contribution in [-0.4, -0.2) is 29.6 Å². The predicted octanol–water partition coefficient (Wildman–Crippen LogP) is 3.11. The maximum atomic E-state index is 12.1. The maximum Gasteiger partial charge on any atom is 0.263 e. The number of hydrogen-bond acceptors (Lipinski definition) is 7. The first-order valence-corrected chi connectivity index (χ1v) is 10.2. The second kappa shape index (κ2) is 7.33. The number of nitrogens with zero attached hydrogens (tertiary/aromatic N) is 2. The third-order valence-electron chi connectivity index (χ3n) is 5.46. The Morgan fingerprint density at radius 3 is 2.89 bits per heavy atom. The molecule has 0 amide bonds. The van der Waals surface area contributed by atoms with E-state index in [4.69, 9.17) is 14.9 Å². The number of benzene rings is 1. The summed E-state index contributed by atoms with van der Waals surface area (Å²) in [4.78, 5) is 12.1. The highest BCUT2D eigenvalue weighted by Gasteiger charge is 2.47. The molecule has 1 aliphatic carbocycles. The van der Waals surface area contributed by atoms with Crippen LogP contribution in [0.4, 0.5) is 0 Å². The average molecular weight is 447 g/mol. The molecule has 0 radical (unpaired) electrons. The summed E-state index contributed by atoms with van der Waals surface area (Å²) in [5.74, 6) is 1.75. The molecule has 8 heteroatoms. The van der Waals surface area contributed by atoms with Crippen molar-refractivity contribution < 1.29 is 13.9 Å². The van der Waals surface area contributed by atoms with Crippen LogP contribution in [0.5, 0.6) is 5.75 Å². The third kappa shape index (κ3) is 3.24. The second-order valence-electron chi connectivity index (χ2n) is 7.50. The van der Waals surface area contributed by atoms with E-state index >= 15 is 0 Å². The number of nitrogens with one attached hydrogen (secondary N) is 1. The van der Waals surface area contributed by atoms with E-state index in [2.05, 4.69) is 31.4 Å². The van der Waals surface area contributed by atoms with Crippen molar-refractivity contribution in [1.29, 1.82) is 0 Å². The normalized spacial score (nSPS) is 24.4.